The van der Waals surface area contributed by atoms with Crippen LogP contribution in [0.25, 0.3) is 0 Å². The summed E-state index contributed by atoms with van der Waals surface area (Å²) in [5, 5.41) is 5.04. The van der Waals surface area contributed by atoms with Gasteiger partial charge >= 0.3 is 0 Å². The van der Waals surface area contributed by atoms with Crippen molar-refractivity contribution in [3.8, 4) is 0 Å². The van der Waals surface area contributed by atoms with Crippen LogP contribution in [0.5, 0.6) is 0 Å². The third-order valence-electron chi connectivity index (χ3n) is 3.85. The Balaban J connectivity index is 2.06. The molecule has 6 nitrogen and oxygen atoms in total. The quantitative estimate of drug-likeness (QED) is 0.904. The maximum Gasteiger partial charge on any atom is 0.264 e. The molecule has 2 aromatic carbocycles. The van der Waals surface area contributed by atoms with Crippen molar-refractivity contribution in [2.45, 2.75) is 29.2 Å². The van der Waals surface area contributed by atoms with Crippen molar-refractivity contribution >= 4 is 25.7 Å². The van der Waals surface area contributed by atoms with Gasteiger partial charge in [0.05, 0.1) is 15.5 Å². The predicted octanol–water partition coefficient (Wildman–Crippen LogP) is 1.47. The van der Waals surface area contributed by atoms with Crippen LogP contribution in [0.3, 0.4) is 0 Å². The van der Waals surface area contributed by atoms with Crippen molar-refractivity contribution in [3.63, 3.8) is 0 Å². The first-order valence-electron chi connectivity index (χ1n) is 6.96. The monoisotopic (exact) mass is 352 g/mol. The number of hydrogen-bond acceptors (Lipinski definition) is 4. The molecule has 0 fully saturated rings. The lowest BCUT2D eigenvalue weighted by atomic mass is 10.1. The van der Waals surface area contributed by atoms with E-state index in [1.807, 2.05) is 19.1 Å². The summed E-state index contributed by atoms with van der Waals surface area (Å²) >= 11 is 0. The van der Waals surface area contributed by atoms with Crippen LogP contribution in [0.1, 0.15) is 12.5 Å². The average molecular weight is 352 g/mol. The number of benzene rings is 2. The van der Waals surface area contributed by atoms with Crippen molar-refractivity contribution in [2.75, 3.05) is 4.31 Å². The van der Waals surface area contributed by atoms with Gasteiger partial charge in [0.15, 0.2) is 0 Å². The molecule has 0 amide bonds. The van der Waals surface area contributed by atoms with Crippen LogP contribution in [-0.2, 0) is 26.5 Å². The lowest BCUT2D eigenvalue weighted by Crippen LogP contribution is -2.35. The molecule has 0 spiro atoms. The van der Waals surface area contributed by atoms with Crippen LogP contribution < -0.4 is 9.44 Å². The predicted molar refractivity (Wildman–Crippen MR) is 87.1 cm³/mol. The fourth-order valence-corrected chi connectivity index (χ4v) is 5.03. The molecule has 1 aliphatic rings. The van der Waals surface area contributed by atoms with Crippen LogP contribution in [0.15, 0.2) is 58.3 Å². The van der Waals surface area contributed by atoms with Gasteiger partial charge in [-0.2, -0.15) is 0 Å². The lowest BCUT2D eigenvalue weighted by Gasteiger charge is -2.24. The number of primary sulfonamides is 1. The van der Waals surface area contributed by atoms with E-state index in [9.17, 15) is 16.8 Å². The van der Waals surface area contributed by atoms with E-state index >= 15 is 0 Å². The molecule has 1 unspecified atom stereocenters. The number of sulfonamides is 2. The van der Waals surface area contributed by atoms with Gasteiger partial charge in [-0.1, -0.05) is 18.2 Å². The van der Waals surface area contributed by atoms with E-state index in [0.717, 1.165) is 5.56 Å². The first-order valence-corrected chi connectivity index (χ1v) is 9.95. The summed E-state index contributed by atoms with van der Waals surface area (Å²) in [4.78, 5) is -0.0835. The normalized spacial score (nSPS) is 18.0. The van der Waals surface area contributed by atoms with Crippen molar-refractivity contribution < 1.29 is 16.8 Å². The second kappa shape index (κ2) is 5.33. The summed E-state index contributed by atoms with van der Waals surface area (Å²) in [6.45, 7) is 1.84. The third kappa shape index (κ3) is 2.73. The van der Waals surface area contributed by atoms with Crippen LogP contribution in [-0.4, -0.2) is 22.9 Å². The van der Waals surface area contributed by atoms with Crippen molar-refractivity contribution in [2.24, 2.45) is 5.14 Å². The highest BCUT2D eigenvalue weighted by molar-refractivity contribution is 7.93. The number of hydrogen-bond donors (Lipinski definition) is 1. The minimum atomic E-state index is -3.85. The van der Waals surface area contributed by atoms with Crippen LogP contribution in [0.2, 0.25) is 0 Å². The zero-order valence-corrected chi connectivity index (χ0v) is 14.0. The molecule has 23 heavy (non-hydrogen) atoms. The van der Waals surface area contributed by atoms with E-state index in [1.54, 1.807) is 12.1 Å². The SMILES string of the molecule is CC1Cc2ccccc2N1S(=O)(=O)c1ccc(S(N)(=O)=O)cc1. The lowest BCUT2D eigenvalue weighted by molar-refractivity contribution is 0.583. The highest BCUT2D eigenvalue weighted by Gasteiger charge is 2.35. The molecule has 3 rings (SSSR count). The Kier molecular flexibility index (Phi) is 3.70. The van der Waals surface area contributed by atoms with E-state index in [2.05, 4.69) is 0 Å². The van der Waals surface area contributed by atoms with Gasteiger partial charge in [0.2, 0.25) is 10.0 Å². The highest BCUT2D eigenvalue weighted by atomic mass is 32.2. The molecule has 0 bridgehead atoms. The van der Waals surface area contributed by atoms with Crippen molar-refractivity contribution in [1.29, 1.82) is 0 Å². The summed E-state index contributed by atoms with van der Waals surface area (Å²) in [5.74, 6) is 0. The van der Waals surface area contributed by atoms with Gasteiger partial charge in [0, 0.05) is 6.04 Å². The van der Waals surface area contributed by atoms with E-state index in [0.29, 0.717) is 12.1 Å². The third-order valence-corrected chi connectivity index (χ3v) is 6.73. The molecule has 122 valence electrons. The molecule has 2 N–H and O–H groups in total. The van der Waals surface area contributed by atoms with Crippen LogP contribution in [0, 0.1) is 0 Å². The number of rotatable bonds is 3. The molecule has 2 aromatic rings. The molecule has 0 saturated carbocycles. The highest BCUT2D eigenvalue weighted by Crippen LogP contribution is 2.36. The molecule has 8 heteroatoms. The molecule has 0 aliphatic carbocycles. The number of para-hydroxylation sites is 1. The molecular weight excluding hydrogens is 336 g/mol. The molecular formula is C15H16N2O4S2. The standard InChI is InChI=1S/C15H16N2O4S2/c1-11-10-12-4-2-3-5-15(12)17(11)23(20,21)14-8-6-13(7-9-14)22(16,18)19/h2-9,11H,10H2,1H3,(H2,16,18,19). The first-order chi connectivity index (χ1) is 10.7. The largest absolute Gasteiger partial charge is 0.264 e. The Morgan fingerprint density at radius 1 is 0.957 bits per heavy atom. The van der Waals surface area contributed by atoms with Gasteiger partial charge in [-0.05, 0) is 49.2 Å². The van der Waals surface area contributed by atoms with Gasteiger partial charge in [0.1, 0.15) is 0 Å². The van der Waals surface area contributed by atoms with Gasteiger partial charge in [-0.3, -0.25) is 4.31 Å². The van der Waals surface area contributed by atoms with Crippen molar-refractivity contribution in [1.82, 2.24) is 0 Å². The van der Waals surface area contributed by atoms with Gasteiger partial charge in [-0.25, -0.2) is 22.0 Å². The smallest absolute Gasteiger partial charge is 0.263 e. The molecule has 0 aromatic heterocycles. The van der Waals surface area contributed by atoms with E-state index in [1.165, 1.54) is 28.6 Å². The Bertz CT molecular complexity index is 951. The zero-order valence-electron chi connectivity index (χ0n) is 12.4. The summed E-state index contributed by atoms with van der Waals surface area (Å²) < 4.78 is 49.8. The molecule has 1 aliphatic heterocycles. The Labute approximate surface area is 135 Å². The summed E-state index contributed by atoms with van der Waals surface area (Å²) in [7, 11) is -7.62. The fraction of sp³-hybridized carbons (Fsp3) is 0.200. The van der Waals surface area contributed by atoms with E-state index in [-0.39, 0.29) is 15.8 Å². The minimum Gasteiger partial charge on any atom is -0.263 e. The van der Waals surface area contributed by atoms with E-state index in [4.69, 9.17) is 5.14 Å². The number of fused-ring (bicyclic) bond motifs is 1. The topological polar surface area (TPSA) is 97.5 Å². The second-order valence-electron chi connectivity index (χ2n) is 5.50. The average Bonchev–Trinajstić information content (AvgIpc) is 2.83. The summed E-state index contributed by atoms with van der Waals surface area (Å²) in [5.41, 5.74) is 1.64. The summed E-state index contributed by atoms with van der Waals surface area (Å²) in [6.07, 6.45) is 0.644. The number of nitrogens with two attached hydrogens (primary N) is 1. The maximum absolute atomic E-state index is 12.9. The zero-order chi connectivity index (χ0) is 16.8. The Hall–Kier alpha value is -1.90. The van der Waals surface area contributed by atoms with Crippen LogP contribution >= 0.6 is 0 Å². The van der Waals surface area contributed by atoms with Crippen LogP contribution in [0.4, 0.5) is 5.69 Å². The van der Waals surface area contributed by atoms with Gasteiger partial charge in [0.25, 0.3) is 10.0 Å². The van der Waals surface area contributed by atoms with Crippen molar-refractivity contribution in [3.05, 3.63) is 54.1 Å². The number of nitrogens with zero attached hydrogens (tertiary/aromatic N) is 1. The Morgan fingerprint density at radius 3 is 2.13 bits per heavy atom. The molecule has 1 atom stereocenters. The molecule has 0 saturated heterocycles. The first kappa shape index (κ1) is 16.0. The summed E-state index contributed by atoms with van der Waals surface area (Å²) in [6, 6.07) is 12.1. The minimum absolute atomic E-state index is 0.0356. The van der Waals surface area contributed by atoms with E-state index < -0.39 is 20.0 Å². The number of anilines is 1. The van der Waals surface area contributed by atoms with Gasteiger partial charge in [-0.15, -0.1) is 0 Å². The molecule has 1 heterocycles. The fourth-order valence-electron chi connectivity index (χ4n) is 2.82. The van der Waals surface area contributed by atoms with Gasteiger partial charge < -0.3 is 0 Å². The Morgan fingerprint density at radius 2 is 1.52 bits per heavy atom. The second-order valence-corrected chi connectivity index (χ2v) is 8.88. The molecule has 0 radical (unpaired) electrons. The maximum atomic E-state index is 12.9.